The maximum Gasteiger partial charge on any atom is 0.417 e. The molecule has 1 amide bonds. The Kier molecular flexibility index (Phi) is 6.40. The Labute approximate surface area is 217 Å². The van der Waals surface area contributed by atoms with Crippen molar-refractivity contribution < 1.29 is 23.8 Å². The molecule has 3 aromatic rings. The number of Topliss-reactive ketones (excluding diaryl/α,β-unsaturated/α-hetero) is 1. The average molecular weight is 521 g/mol. The normalized spacial score (nSPS) is 22.6. The molecule has 0 spiro atoms. The molecule has 1 N–H and O–H groups in total. The van der Waals surface area contributed by atoms with Gasteiger partial charge in [0.2, 0.25) is 11.8 Å². The van der Waals surface area contributed by atoms with Crippen molar-refractivity contribution in [2.75, 3.05) is 25.2 Å². The lowest BCUT2D eigenvalue weighted by Crippen LogP contribution is -2.46. The van der Waals surface area contributed by atoms with Crippen LogP contribution in [0.2, 0.25) is 0 Å². The number of rotatable bonds is 7. The lowest BCUT2D eigenvalue weighted by Gasteiger charge is -2.32. The maximum atomic E-state index is 12.7. The first kappa shape index (κ1) is 24.3. The molecular weight excluding hydrogens is 492 g/mol. The van der Waals surface area contributed by atoms with Gasteiger partial charge in [0.15, 0.2) is 11.5 Å². The van der Waals surface area contributed by atoms with Crippen LogP contribution in [0.5, 0.6) is 11.6 Å². The Morgan fingerprint density at radius 3 is 2.87 bits per heavy atom. The third kappa shape index (κ3) is 4.55. The highest BCUT2D eigenvalue weighted by molar-refractivity contribution is 5.89. The number of amides is 1. The van der Waals surface area contributed by atoms with Crippen molar-refractivity contribution in [2.24, 2.45) is 0 Å². The SMILES string of the molecule is COc1ccc2ccc(=O)n(CCCN[C@@H]3CC[C@@H]4[C@@H](C3)OC(=O)N4c3ncc4c(n3)CC(=O)CO4)c2n1. The van der Waals surface area contributed by atoms with Crippen molar-refractivity contribution >= 4 is 28.9 Å². The fraction of sp³-hybridized carbons (Fsp3) is 0.462. The van der Waals surface area contributed by atoms with Crippen molar-refractivity contribution in [3.8, 4) is 11.6 Å². The Hall–Kier alpha value is -4.06. The van der Waals surface area contributed by atoms with Gasteiger partial charge >= 0.3 is 6.09 Å². The van der Waals surface area contributed by atoms with Crippen LogP contribution < -0.4 is 25.2 Å². The largest absolute Gasteiger partial charge is 0.482 e. The Bertz CT molecular complexity index is 1460. The van der Waals surface area contributed by atoms with Gasteiger partial charge in [-0.25, -0.2) is 19.7 Å². The highest BCUT2D eigenvalue weighted by atomic mass is 16.6. The quantitative estimate of drug-likeness (QED) is 0.458. The molecule has 0 bridgehead atoms. The molecule has 12 nitrogen and oxygen atoms in total. The van der Waals surface area contributed by atoms with E-state index in [1.807, 2.05) is 6.07 Å². The monoisotopic (exact) mass is 520 g/mol. The third-order valence-corrected chi connectivity index (χ3v) is 7.33. The number of carbonyl (C=O) groups excluding carboxylic acids is 2. The van der Waals surface area contributed by atoms with Gasteiger partial charge < -0.3 is 19.5 Å². The number of fused-ring (bicyclic) bond motifs is 3. The molecule has 6 rings (SSSR count). The van der Waals surface area contributed by atoms with E-state index < -0.39 is 6.09 Å². The Morgan fingerprint density at radius 1 is 1.13 bits per heavy atom. The fourth-order valence-corrected chi connectivity index (χ4v) is 5.44. The molecule has 5 heterocycles. The number of ether oxygens (including phenoxy) is 3. The van der Waals surface area contributed by atoms with Gasteiger partial charge in [-0.3, -0.25) is 14.2 Å². The van der Waals surface area contributed by atoms with Crippen LogP contribution in [0.3, 0.4) is 0 Å². The number of aryl methyl sites for hydroxylation is 1. The van der Waals surface area contributed by atoms with Gasteiger partial charge in [0.1, 0.15) is 18.4 Å². The third-order valence-electron chi connectivity index (χ3n) is 7.33. The first-order chi connectivity index (χ1) is 18.5. The van der Waals surface area contributed by atoms with Gasteiger partial charge in [0.25, 0.3) is 5.56 Å². The molecule has 2 fully saturated rings. The van der Waals surface area contributed by atoms with E-state index in [9.17, 15) is 14.4 Å². The molecule has 38 heavy (non-hydrogen) atoms. The number of hydrogen-bond donors (Lipinski definition) is 1. The second kappa shape index (κ2) is 10.0. The van der Waals surface area contributed by atoms with Crippen LogP contribution in [0.15, 0.2) is 35.3 Å². The lowest BCUT2D eigenvalue weighted by molar-refractivity contribution is -0.121. The van der Waals surface area contributed by atoms with Crippen LogP contribution >= 0.6 is 0 Å². The van der Waals surface area contributed by atoms with Crippen molar-refractivity contribution in [1.82, 2.24) is 24.8 Å². The molecular formula is C26H28N6O6. The predicted molar refractivity (Wildman–Crippen MR) is 136 cm³/mol. The highest BCUT2D eigenvalue weighted by Crippen LogP contribution is 2.35. The van der Waals surface area contributed by atoms with Crippen LogP contribution in [0.1, 0.15) is 31.4 Å². The summed E-state index contributed by atoms with van der Waals surface area (Å²) in [6.07, 6.45) is 3.94. The number of aromatic nitrogens is 4. The minimum absolute atomic E-state index is 0.0187. The summed E-state index contributed by atoms with van der Waals surface area (Å²) in [5, 5.41) is 4.44. The summed E-state index contributed by atoms with van der Waals surface area (Å²) < 4.78 is 18.0. The van der Waals surface area contributed by atoms with Crippen molar-refractivity contribution in [2.45, 2.75) is 56.8 Å². The lowest BCUT2D eigenvalue weighted by atomic mass is 9.88. The minimum Gasteiger partial charge on any atom is -0.482 e. The van der Waals surface area contributed by atoms with E-state index in [1.54, 1.807) is 29.9 Å². The summed E-state index contributed by atoms with van der Waals surface area (Å²) in [5.74, 6) is 1.13. The number of hydrogen-bond acceptors (Lipinski definition) is 10. The van der Waals surface area contributed by atoms with E-state index in [0.717, 1.165) is 24.6 Å². The van der Waals surface area contributed by atoms with Gasteiger partial charge in [0.05, 0.1) is 31.5 Å². The smallest absolute Gasteiger partial charge is 0.417 e. The number of anilines is 1. The number of nitrogens with zero attached hydrogens (tertiary/aromatic N) is 5. The predicted octanol–water partition coefficient (Wildman–Crippen LogP) is 1.63. The van der Waals surface area contributed by atoms with Crippen LogP contribution in [0, 0.1) is 0 Å². The van der Waals surface area contributed by atoms with Gasteiger partial charge in [-0.15, -0.1) is 0 Å². The fourth-order valence-electron chi connectivity index (χ4n) is 5.44. The van der Waals surface area contributed by atoms with Gasteiger partial charge in [-0.2, -0.15) is 4.98 Å². The zero-order chi connectivity index (χ0) is 26.2. The highest BCUT2D eigenvalue weighted by Gasteiger charge is 2.47. The number of carbonyl (C=O) groups is 2. The zero-order valence-electron chi connectivity index (χ0n) is 21.0. The van der Waals surface area contributed by atoms with Gasteiger partial charge in [0, 0.05) is 36.5 Å². The second-order valence-corrected chi connectivity index (χ2v) is 9.75. The zero-order valence-corrected chi connectivity index (χ0v) is 21.0. The summed E-state index contributed by atoms with van der Waals surface area (Å²) in [4.78, 5) is 51.7. The molecule has 198 valence electrons. The molecule has 0 radical (unpaired) electrons. The van der Waals surface area contributed by atoms with E-state index in [4.69, 9.17) is 14.2 Å². The maximum absolute atomic E-state index is 12.7. The first-order valence-corrected chi connectivity index (χ1v) is 12.8. The molecule has 1 saturated heterocycles. The first-order valence-electron chi connectivity index (χ1n) is 12.8. The van der Waals surface area contributed by atoms with Crippen molar-refractivity contribution in [3.05, 3.63) is 46.5 Å². The van der Waals surface area contributed by atoms with E-state index in [0.29, 0.717) is 42.5 Å². The van der Waals surface area contributed by atoms with Crippen LogP contribution in [-0.2, 0) is 22.5 Å². The van der Waals surface area contributed by atoms with Crippen LogP contribution in [-0.4, -0.2) is 69.8 Å². The molecule has 12 heteroatoms. The minimum atomic E-state index is -0.470. The van der Waals surface area contributed by atoms with E-state index in [1.165, 1.54) is 11.1 Å². The summed E-state index contributed by atoms with van der Waals surface area (Å²) >= 11 is 0. The summed E-state index contributed by atoms with van der Waals surface area (Å²) in [5.41, 5.74) is 1.00. The molecule has 0 unspecified atom stereocenters. The second-order valence-electron chi connectivity index (χ2n) is 9.75. The molecule has 1 aliphatic carbocycles. The Balaban J connectivity index is 1.06. The van der Waals surface area contributed by atoms with Crippen molar-refractivity contribution in [1.29, 1.82) is 0 Å². The molecule has 3 atom stereocenters. The summed E-state index contributed by atoms with van der Waals surface area (Å²) in [7, 11) is 1.55. The van der Waals surface area contributed by atoms with E-state index in [-0.39, 0.29) is 48.5 Å². The molecule has 1 saturated carbocycles. The molecule has 2 aliphatic heterocycles. The Morgan fingerprint density at radius 2 is 2.00 bits per heavy atom. The number of nitrogens with one attached hydrogen (secondary N) is 1. The van der Waals surface area contributed by atoms with E-state index >= 15 is 0 Å². The van der Waals surface area contributed by atoms with Crippen molar-refractivity contribution in [3.63, 3.8) is 0 Å². The number of pyridine rings is 2. The topological polar surface area (TPSA) is 138 Å². The van der Waals surface area contributed by atoms with Crippen LogP contribution in [0.25, 0.3) is 11.0 Å². The van der Waals surface area contributed by atoms with Crippen LogP contribution in [0.4, 0.5) is 10.7 Å². The van der Waals surface area contributed by atoms with Gasteiger partial charge in [-0.1, -0.05) is 0 Å². The molecule has 3 aromatic heterocycles. The summed E-state index contributed by atoms with van der Waals surface area (Å²) in [6.45, 7) is 1.24. The number of methoxy groups -OCH3 is 1. The van der Waals surface area contributed by atoms with E-state index in [2.05, 4.69) is 20.3 Å². The standard InChI is InChI=1S/C26H28N6O6/c1-36-22-7-3-15-4-8-23(34)31(24(15)30-22)10-2-9-27-16-5-6-19-20(11-16)38-26(35)32(19)25-28-13-21-18(29-25)12-17(33)14-37-21/h3-4,7-8,13,16,19-20,27H,2,5-6,9-12,14H2,1H3/t16-,19-,20-/m1/s1. The van der Waals surface area contributed by atoms with Gasteiger partial charge in [-0.05, 0) is 37.9 Å². The molecule has 0 aromatic carbocycles. The number of ketones is 1. The molecule has 3 aliphatic rings. The summed E-state index contributed by atoms with van der Waals surface area (Å²) in [6, 6.07) is 7.02. The average Bonchev–Trinajstić information content (AvgIpc) is 3.26.